The fourth-order valence-electron chi connectivity index (χ4n) is 3.90. The highest BCUT2D eigenvalue weighted by Crippen LogP contribution is 2.28. The molecule has 4 rings (SSSR count). The second-order valence-corrected chi connectivity index (χ2v) is 8.30. The summed E-state index contributed by atoms with van der Waals surface area (Å²) in [4.78, 5) is 24.3. The minimum absolute atomic E-state index is 0.130. The fourth-order valence-corrected chi connectivity index (χ4v) is 3.90. The van der Waals surface area contributed by atoms with Crippen molar-refractivity contribution >= 4 is 18.0 Å². The van der Waals surface area contributed by atoms with Gasteiger partial charge in [-0.3, -0.25) is 4.79 Å². The zero-order chi connectivity index (χ0) is 25.3. The van der Waals surface area contributed by atoms with Gasteiger partial charge in [-0.05, 0) is 77.2 Å². The van der Waals surface area contributed by atoms with E-state index in [-0.39, 0.29) is 11.9 Å². The number of nitrogens with one attached hydrogen (secondary N) is 1. The molecule has 0 aliphatic rings. The number of aliphatic carboxylic acids is 1. The first-order valence-electron chi connectivity index (χ1n) is 11.8. The van der Waals surface area contributed by atoms with E-state index in [0.717, 1.165) is 34.9 Å². The number of hydrogen-bond acceptors (Lipinski definition) is 3. The van der Waals surface area contributed by atoms with Crippen LogP contribution in [0.1, 0.15) is 40.9 Å². The first-order chi connectivity index (χ1) is 17.5. The van der Waals surface area contributed by atoms with Gasteiger partial charge >= 0.3 is 5.97 Å². The van der Waals surface area contributed by atoms with E-state index >= 15 is 0 Å². The third-order valence-corrected chi connectivity index (χ3v) is 5.72. The zero-order valence-electron chi connectivity index (χ0n) is 19.9. The van der Waals surface area contributed by atoms with Gasteiger partial charge in [-0.2, -0.15) is 0 Å². The predicted molar refractivity (Wildman–Crippen MR) is 142 cm³/mol. The Bertz CT molecular complexity index is 1350. The molecule has 0 saturated carbocycles. The Balaban J connectivity index is 1.62. The molecule has 0 aromatic heterocycles. The summed E-state index contributed by atoms with van der Waals surface area (Å²) in [6, 6.07) is 32.1. The number of para-hydroxylation sites is 1. The number of ether oxygens (including phenoxy) is 1. The Labute approximate surface area is 210 Å². The van der Waals surface area contributed by atoms with Crippen LogP contribution in [0.4, 0.5) is 0 Å². The van der Waals surface area contributed by atoms with Gasteiger partial charge in [-0.25, -0.2) is 4.79 Å². The molecule has 5 heteroatoms. The Morgan fingerprint density at radius 1 is 0.833 bits per heavy atom. The molecule has 0 heterocycles. The molecule has 0 bridgehead atoms. The second kappa shape index (κ2) is 11.7. The highest BCUT2D eigenvalue weighted by atomic mass is 16.5. The van der Waals surface area contributed by atoms with Gasteiger partial charge in [0, 0.05) is 11.6 Å². The maximum Gasteiger partial charge on any atom is 0.328 e. The number of carboxylic acid groups (broad SMARTS) is 1. The molecular weight excluding hydrogens is 450 g/mol. The molecule has 4 aromatic carbocycles. The third kappa shape index (κ3) is 6.48. The zero-order valence-corrected chi connectivity index (χ0v) is 19.9. The molecule has 1 atom stereocenters. The maximum absolute atomic E-state index is 13.2. The Hall–Kier alpha value is -4.64. The van der Waals surface area contributed by atoms with Gasteiger partial charge in [0.1, 0.15) is 11.5 Å². The van der Waals surface area contributed by atoms with Crippen LogP contribution < -0.4 is 10.1 Å². The highest BCUT2D eigenvalue weighted by molar-refractivity contribution is 5.97. The summed E-state index contributed by atoms with van der Waals surface area (Å²) in [5.41, 5.74) is 3.79. The monoisotopic (exact) mass is 477 g/mol. The van der Waals surface area contributed by atoms with Crippen molar-refractivity contribution in [3.8, 4) is 22.6 Å². The van der Waals surface area contributed by atoms with Crippen LogP contribution in [0.15, 0.2) is 109 Å². The maximum atomic E-state index is 13.2. The van der Waals surface area contributed by atoms with Crippen LogP contribution >= 0.6 is 0 Å². The van der Waals surface area contributed by atoms with Crippen molar-refractivity contribution in [2.45, 2.75) is 19.4 Å². The van der Waals surface area contributed by atoms with E-state index in [1.54, 1.807) is 6.07 Å². The van der Waals surface area contributed by atoms with Crippen LogP contribution in [0, 0.1) is 0 Å². The van der Waals surface area contributed by atoms with Crippen molar-refractivity contribution in [1.82, 2.24) is 5.32 Å². The van der Waals surface area contributed by atoms with Crippen LogP contribution in [-0.4, -0.2) is 17.0 Å². The standard InChI is InChI=1S/C31H27NO4/c1-2-29(24-9-5-3-6-10-24)32-31(35)26-20-22(13-18-30(33)34)19-25(21-26)23-14-16-28(17-15-23)36-27-11-7-4-8-12-27/h3-21,29H,2H2,1H3,(H,32,35)(H,33,34)/b18-13+/t29-/m1/s1. The van der Waals surface area contributed by atoms with E-state index in [0.29, 0.717) is 16.9 Å². The summed E-state index contributed by atoms with van der Waals surface area (Å²) in [7, 11) is 0. The van der Waals surface area contributed by atoms with Crippen LogP contribution in [-0.2, 0) is 4.79 Å². The minimum Gasteiger partial charge on any atom is -0.478 e. The Kier molecular flexibility index (Phi) is 7.94. The van der Waals surface area contributed by atoms with Gasteiger partial charge < -0.3 is 15.2 Å². The quantitative estimate of drug-likeness (QED) is 0.252. The molecule has 0 radical (unpaired) electrons. The molecule has 36 heavy (non-hydrogen) atoms. The van der Waals surface area contributed by atoms with Crippen LogP contribution in [0.3, 0.4) is 0 Å². The van der Waals surface area contributed by atoms with Gasteiger partial charge in [0.25, 0.3) is 5.91 Å². The molecule has 1 amide bonds. The minimum atomic E-state index is -1.05. The summed E-state index contributed by atoms with van der Waals surface area (Å²) in [6.45, 7) is 2.02. The van der Waals surface area contributed by atoms with Gasteiger partial charge in [0.15, 0.2) is 0 Å². The molecule has 0 saturated heterocycles. The van der Waals surface area contributed by atoms with E-state index in [2.05, 4.69) is 5.32 Å². The summed E-state index contributed by atoms with van der Waals surface area (Å²) >= 11 is 0. The fraction of sp³-hybridized carbons (Fsp3) is 0.0968. The number of carboxylic acids is 1. The smallest absolute Gasteiger partial charge is 0.328 e. The predicted octanol–water partition coefficient (Wildman–Crippen LogP) is 7.12. The van der Waals surface area contributed by atoms with Gasteiger partial charge in [0.05, 0.1) is 6.04 Å². The third-order valence-electron chi connectivity index (χ3n) is 5.72. The number of rotatable bonds is 9. The SMILES string of the molecule is CC[C@@H](NC(=O)c1cc(/C=C/C(=O)O)cc(-c2ccc(Oc3ccccc3)cc2)c1)c1ccccc1. The van der Waals surface area contributed by atoms with Crippen molar-refractivity contribution in [2.24, 2.45) is 0 Å². The molecule has 2 N–H and O–H groups in total. The topological polar surface area (TPSA) is 75.6 Å². The highest BCUT2D eigenvalue weighted by Gasteiger charge is 2.15. The first kappa shape index (κ1) is 24.5. The Morgan fingerprint density at radius 2 is 1.47 bits per heavy atom. The average Bonchev–Trinajstić information content (AvgIpc) is 2.91. The van der Waals surface area contributed by atoms with Crippen molar-refractivity contribution in [3.05, 3.63) is 126 Å². The summed E-state index contributed by atoms with van der Waals surface area (Å²) in [5.74, 6) is 0.165. The number of carbonyl (C=O) groups excluding carboxylic acids is 1. The molecule has 0 aliphatic carbocycles. The lowest BCUT2D eigenvalue weighted by Crippen LogP contribution is -2.28. The van der Waals surface area contributed by atoms with Crippen molar-refractivity contribution < 1.29 is 19.4 Å². The van der Waals surface area contributed by atoms with Crippen molar-refractivity contribution in [1.29, 1.82) is 0 Å². The number of hydrogen-bond donors (Lipinski definition) is 2. The van der Waals surface area contributed by atoms with Gasteiger partial charge in [-0.1, -0.05) is 67.6 Å². The average molecular weight is 478 g/mol. The number of carbonyl (C=O) groups is 2. The molecule has 4 aromatic rings. The van der Waals surface area contributed by atoms with Crippen molar-refractivity contribution in [2.75, 3.05) is 0 Å². The molecule has 0 unspecified atom stereocenters. The summed E-state index contributed by atoms with van der Waals surface area (Å²) in [6.07, 6.45) is 3.30. The Morgan fingerprint density at radius 3 is 2.11 bits per heavy atom. The molecule has 180 valence electrons. The second-order valence-electron chi connectivity index (χ2n) is 8.30. The molecule has 5 nitrogen and oxygen atoms in total. The van der Waals surface area contributed by atoms with Gasteiger partial charge in [-0.15, -0.1) is 0 Å². The van der Waals surface area contributed by atoms with E-state index < -0.39 is 5.97 Å². The molecule has 0 aliphatic heterocycles. The first-order valence-corrected chi connectivity index (χ1v) is 11.8. The molecule has 0 spiro atoms. The van der Waals surface area contributed by atoms with E-state index in [1.165, 1.54) is 6.08 Å². The summed E-state index contributed by atoms with van der Waals surface area (Å²) in [5, 5.41) is 12.2. The van der Waals surface area contributed by atoms with Crippen molar-refractivity contribution in [3.63, 3.8) is 0 Å². The van der Waals surface area contributed by atoms with Crippen LogP contribution in [0.2, 0.25) is 0 Å². The van der Waals surface area contributed by atoms with E-state index in [9.17, 15) is 9.59 Å². The lowest BCUT2D eigenvalue weighted by molar-refractivity contribution is -0.131. The lowest BCUT2D eigenvalue weighted by Gasteiger charge is -2.18. The van der Waals surface area contributed by atoms with Crippen LogP contribution in [0.5, 0.6) is 11.5 Å². The molecule has 0 fully saturated rings. The molecular formula is C31H27NO4. The van der Waals surface area contributed by atoms with E-state index in [4.69, 9.17) is 9.84 Å². The summed E-state index contributed by atoms with van der Waals surface area (Å²) < 4.78 is 5.88. The number of benzene rings is 4. The van der Waals surface area contributed by atoms with Crippen LogP contribution in [0.25, 0.3) is 17.2 Å². The lowest BCUT2D eigenvalue weighted by atomic mass is 9.98. The normalized spacial score (nSPS) is 11.7. The number of amides is 1. The van der Waals surface area contributed by atoms with E-state index in [1.807, 2.05) is 104 Å². The van der Waals surface area contributed by atoms with Gasteiger partial charge in [0.2, 0.25) is 0 Å². The largest absolute Gasteiger partial charge is 0.478 e.